The van der Waals surface area contributed by atoms with Crippen LogP contribution in [0.3, 0.4) is 0 Å². The van der Waals surface area contributed by atoms with Crippen LogP contribution in [-0.2, 0) is 23.7 Å². The lowest BCUT2D eigenvalue weighted by Crippen LogP contribution is -2.67. The Morgan fingerprint density at radius 3 is 1.98 bits per heavy atom. The molecular formula is C42H68O13. The van der Waals surface area contributed by atoms with E-state index in [1.165, 1.54) is 5.57 Å². The van der Waals surface area contributed by atoms with Gasteiger partial charge in [-0.3, -0.25) is 4.79 Å². The summed E-state index contributed by atoms with van der Waals surface area (Å²) in [6, 6.07) is 0. The van der Waals surface area contributed by atoms with Gasteiger partial charge in [-0.25, -0.2) is 0 Å². The average Bonchev–Trinajstić information content (AvgIpc) is 3.12. The first-order valence-electron chi connectivity index (χ1n) is 20.8. The van der Waals surface area contributed by atoms with Gasteiger partial charge >= 0.3 is 5.97 Å². The molecule has 7 rings (SSSR count). The van der Waals surface area contributed by atoms with Gasteiger partial charge in [0.1, 0.15) is 48.8 Å². The lowest BCUT2D eigenvalue weighted by atomic mass is 9.33. The molecular weight excluding hydrogens is 712 g/mol. The topological polar surface area (TPSA) is 216 Å². The van der Waals surface area contributed by atoms with Crippen molar-refractivity contribution in [2.75, 3.05) is 13.2 Å². The number of ether oxygens (including phenoxy) is 4. The Hall–Kier alpha value is -1.23. The molecule has 18 atom stereocenters. The summed E-state index contributed by atoms with van der Waals surface area (Å²) in [5.41, 5.74) is 0.283. The molecule has 0 spiro atoms. The van der Waals surface area contributed by atoms with E-state index >= 15 is 0 Å². The SMILES string of the molecule is CC1(C)CC[C@]2(C(=O)O)CC[C@]3(C)C(=CC[C@@H]4[C@@]5(C)CC[C@H](O[C@@H]6O[C@H](CO)[C@@H](O)[C@H](O[C@@H]7O[C@H](CO)[C@H](O)[C@H](O)[C@H]7O)[C@H]6O)C(C)(C)[C@@H]5CC[C@]43C)[C@H]2C1. The molecule has 0 radical (unpaired) electrons. The van der Waals surface area contributed by atoms with Gasteiger partial charge in [-0.15, -0.1) is 0 Å². The van der Waals surface area contributed by atoms with E-state index in [0.717, 1.165) is 57.8 Å². The molecule has 2 saturated heterocycles. The van der Waals surface area contributed by atoms with Gasteiger partial charge in [-0.1, -0.05) is 60.1 Å². The summed E-state index contributed by atoms with van der Waals surface area (Å²) in [6.07, 6.45) is -4.35. The number of hydrogen-bond donors (Lipinski definition) is 8. The molecule has 13 heteroatoms. The first-order valence-corrected chi connectivity index (χ1v) is 20.8. The Labute approximate surface area is 325 Å². The van der Waals surface area contributed by atoms with E-state index in [2.05, 4.69) is 54.5 Å². The van der Waals surface area contributed by atoms with Crippen LogP contribution in [0.2, 0.25) is 0 Å². The lowest BCUT2D eigenvalue weighted by molar-refractivity contribution is -0.369. The molecule has 4 saturated carbocycles. The fourth-order valence-corrected chi connectivity index (χ4v) is 13.7. The second-order valence-electron chi connectivity index (χ2n) is 20.7. The van der Waals surface area contributed by atoms with Gasteiger partial charge in [0.05, 0.1) is 24.7 Å². The molecule has 55 heavy (non-hydrogen) atoms. The van der Waals surface area contributed by atoms with Crippen molar-refractivity contribution in [2.24, 2.45) is 50.2 Å². The summed E-state index contributed by atoms with van der Waals surface area (Å²) in [4.78, 5) is 13.0. The minimum absolute atomic E-state index is 0.0134. The standard InChI is InChI=1S/C42H68O13/c1-37(2)14-16-42(36(50)51)17-15-40(6)21(22(42)18-37)8-9-26-39(5)12-11-27(38(3,4)25(39)10-13-41(26,40)7)54-35-32(49)33(29(46)24(20-44)53-35)55-34-31(48)30(47)28(45)23(19-43)52-34/h8,22-35,43-49H,9-20H2,1-7H3,(H,50,51)/t22-,23-,24-,25+,26-,27+,28+,29-,30+,31-,32-,33+,34+,35+,39+,40-,41-,42+/m1/s1. The van der Waals surface area contributed by atoms with E-state index in [-0.39, 0.29) is 45.0 Å². The summed E-state index contributed by atoms with van der Waals surface area (Å²) >= 11 is 0. The molecule has 0 aromatic heterocycles. The zero-order valence-electron chi connectivity index (χ0n) is 33.8. The zero-order valence-corrected chi connectivity index (χ0v) is 33.8. The van der Waals surface area contributed by atoms with Gasteiger partial charge in [-0.2, -0.15) is 0 Å². The van der Waals surface area contributed by atoms with Crippen molar-refractivity contribution in [3.05, 3.63) is 11.6 Å². The van der Waals surface area contributed by atoms with Crippen LogP contribution in [0.25, 0.3) is 0 Å². The normalized spacial score (nSPS) is 53.2. The van der Waals surface area contributed by atoms with Crippen LogP contribution in [0.1, 0.15) is 113 Å². The third kappa shape index (κ3) is 6.23. The maximum absolute atomic E-state index is 13.0. The fourth-order valence-electron chi connectivity index (χ4n) is 13.7. The van der Waals surface area contributed by atoms with Crippen LogP contribution in [0, 0.1) is 50.2 Å². The fraction of sp³-hybridized carbons (Fsp3) is 0.929. The third-order valence-electron chi connectivity index (χ3n) is 17.3. The summed E-state index contributed by atoms with van der Waals surface area (Å²) in [7, 11) is 0. The van der Waals surface area contributed by atoms with Gasteiger partial charge in [-0.05, 0) is 109 Å². The van der Waals surface area contributed by atoms with E-state index in [1.54, 1.807) is 0 Å². The Kier molecular flexibility index (Phi) is 10.8. The summed E-state index contributed by atoms with van der Waals surface area (Å²) in [6.45, 7) is 15.1. The van der Waals surface area contributed by atoms with Gasteiger partial charge in [0.2, 0.25) is 0 Å². The maximum Gasteiger partial charge on any atom is 0.310 e. The minimum Gasteiger partial charge on any atom is -0.481 e. The third-order valence-corrected chi connectivity index (χ3v) is 17.3. The second kappa shape index (κ2) is 14.2. The highest BCUT2D eigenvalue weighted by atomic mass is 16.7. The van der Waals surface area contributed by atoms with Crippen LogP contribution < -0.4 is 0 Å². The molecule has 0 bridgehead atoms. The number of aliphatic hydroxyl groups is 7. The first-order chi connectivity index (χ1) is 25.6. The highest BCUT2D eigenvalue weighted by Gasteiger charge is 2.69. The Balaban J connectivity index is 1.12. The molecule has 314 valence electrons. The summed E-state index contributed by atoms with van der Waals surface area (Å²) in [5, 5.41) is 84.4. The van der Waals surface area contributed by atoms with Crippen molar-refractivity contribution in [1.29, 1.82) is 0 Å². The highest BCUT2D eigenvalue weighted by molar-refractivity contribution is 5.76. The number of allylic oxidation sites excluding steroid dienone is 2. The van der Waals surface area contributed by atoms with E-state index in [1.807, 2.05) is 0 Å². The maximum atomic E-state index is 13.0. The molecule has 13 nitrogen and oxygen atoms in total. The molecule has 7 aliphatic rings. The Bertz CT molecular complexity index is 1480. The smallest absolute Gasteiger partial charge is 0.310 e. The summed E-state index contributed by atoms with van der Waals surface area (Å²) in [5.74, 6) is 0.0564. The zero-order chi connectivity index (χ0) is 40.3. The Morgan fingerprint density at radius 2 is 1.35 bits per heavy atom. The van der Waals surface area contributed by atoms with Gasteiger partial charge in [0.25, 0.3) is 0 Å². The molecule has 0 aromatic rings. The number of carboxylic acid groups (broad SMARTS) is 1. The lowest BCUT2D eigenvalue weighted by Gasteiger charge is -2.71. The van der Waals surface area contributed by atoms with Crippen LogP contribution in [0.4, 0.5) is 0 Å². The second-order valence-corrected chi connectivity index (χ2v) is 20.7. The van der Waals surface area contributed by atoms with E-state index in [0.29, 0.717) is 12.3 Å². The Morgan fingerprint density at radius 1 is 0.727 bits per heavy atom. The molecule has 0 aromatic carbocycles. The molecule has 6 fully saturated rings. The van der Waals surface area contributed by atoms with E-state index < -0.39 is 86.0 Å². The van der Waals surface area contributed by atoms with E-state index in [9.17, 15) is 45.6 Å². The number of rotatable bonds is 7. The van der Waals surface area contributed by atoms with Gasteiger partial charge in [0.15, 0.2) is 12.6 Å². The molecule has 2 heterocycles. The van der Waals surface area contributed by atoms with E-state index in [4.69, 9.17) is 18.9 Å². The van der Waals surface area contributed by atoms with Crippen LogP contribution in [0.15, 0.2) is 11.6 Å². The number of carbonyl (C=O) groups is 1. The highest BCUT2D eigenvalue weighted by Crippen LogP contribution is 2.76. The molecule has 0 amide bonds. The van der Waals surface area contributed by atoms with Crippen LogP contribution >= 0.6 is 0 Å². The van der Waals surface area contributed by atoms with Crippen molar-refractivity contribution in [3.8, 4) is 0 Å². The van der Waals surface area contributed by atoms with Crippen molar-refractivity contribution in [2.45, 2.75) is 180 Å². The van der Waals surface area contributed by atoms with Crippen molar-refractivity contribution in [3.63, 3.8) is 0 Å². The number of fused-ring (bicyclic) bond motifs is 7. The minimum atomic E-state index is -1.75. The van der Waals surface area contributed by atoms with Crippen LogP contribution in [0.5, 0.6) is 0 Å². The number of aliphatic carboxylic acids is 1. The van der Waals surface area contributed by atoms with Gasteiger partial charge < -0.3 is 59.8 Å². The molecule has 8 N–H and O–H groups in total. The number of carboxylic acids is 1. The quantitative estimate of drug-likeness (QED) is 0.138. The van der Waals surface area contributed by atoms with Crippen molar-refractivity contribution in [1.82, 2.24) is 0 Å². The van der Waals surface area contributed by atoms with Crippen molar-refractivity contribution >= 4 is 5.97 Å². The van der Waals surface area contributed by atoms with Gasteiger partial charge in [0, 0.05) is 0 Å². The monoisotopic (exact) mass is 780 g/mol. The predicted octanol–water partition coefficient (Wildman–Crippen LogP) is 2.88. The molecule has 0 unspecified atom stereocenters. The molecule has 5 aliphatic carbocycles. The van der Waals surface area contributed by atoms with Crippen LogP contribution in [-0.4, -0.2) is 128 Å². The number of aliphatic hydroxyl groups excluding tert-OH is 7. The average molecular weight is 781 g/mol. The molecule has 2 aliphatic heterocycles. The predicted molar refractivity (Wildman–Crippen MR) is 198 cm³/mol. The van der Waals surface area contributed by atoms with Crippen molar-refractivity contribution < 1.29 is 64.6 Å². The number of hydrogen-bond acceptors (Lipinski definition) is 12. The largest absolute Gasteiger partial charge is 0.481 e. The summed E-state index contributed by atoms with van der Waals surface area (Å²) < 4.78 is 24.0. The first kappa shape index (κ1) is 41.9.